The molecule has 0 N–H and O–H groups in total. The van der Waals surface area contributed by atoms with Crippen molar-refractivity contribution in [1.82, 2.24) is 14.3 Å². The van der Waals surface area contributed by atoms with E-state index in [1.807, 2.05) is 43.3 Å². The predicted molar refractivity (Wildman–Crippen MR) is 153 cm³/mol. The number of methoxy groups -OCH3 is 1. The molecule has 2 aromatic heterocycles. The van der Waals surface area contributed by atoms with Gasteiger partial charge in [0.2, 0.25) is 0 Å². The molecule has 0 spiro atoms. The minimum Gasteiger partial charge on any atom is -0.497 e. The first kappa shape index (κ1) is 25.5. The third-order valence-corrected chi connectivity index (χ3v) is 8.46. The molecule has 5 rings (SSSR count). The fraction of sp³-hybridized carbons (Fsp3) is 0.357. The summed E-state index contributed by atoms with van der Waals surface area (Å²) < 4.78 is 7.30. The van der Waals surface area contributed by atoms with E-state index in [2.05, 4.69) is 11.8 Å². The summed E-state index contributed by atoms with van der Waals surface area (Å²) in [6.45, 7) is 6.35. The van der Waals surface area contributed by atoms with Gasteiger partial charge in [-0.25, -0.2) is 4.98 Å². The molecule has 192 valence electrons. The zero-order valence-corrected chi connectivity index (χ0v) is 22.9. The van der Waals surface area contributed by atoms with Crippen molar-refractivity contribution in [3.8, 4) is 5.75 Å². The van der Waals surface area contributed by atoms with Crippen molar-refractivity contribution >= 4 is 51.7 Å². The molecule has 0 bridgehead atoms. The maximum absolute atomic E-state index is 13.7. The Hall–Kier alpha value is -3.17. The van der Waals surface area contributed by atoms with E-state index in [1.165, 1.54) is 11.8 Å². The van der Waals surface area contributed by atoms with Crippen LogP contribution >= 0.6 is 24.0 Å². The lowest BCUT2D eigenvalue weighted by molar-refractivity contribution is -0.122. The highest BCUT2D eigenvalue weighted by Crippen LogP contribution is 2.34. The van der Waals surface area contributed by atoms with Crippen LogP contribution in [0.4, 0.5) is 5.82 Å². The number of thiocarbonyl (C=S) groups is 1. The minimum atomic E-state index is -0.175. The average Bonchev–Trinajstić information content (AvgIpc) is 3.17. The number of rotatable bonds is 6. The number of aromatic nitrogens is 2. The van der Waals surface area contributed by atoms with Gasteiger partial charge in [0, 0.05) is 25.8 Å². The normalized spacial score (nSPS) is 17.9. The molecule has 0 radical (unpaired) electrons. The monoisotopic (exact) mass is 534 g/mol. The summed E-state index contributed by atoms with van der Waals surface area (Å²) in [6, 6.07) is 11.6. The summed E-state index contributed by atoms with van der Waals surface area (Å²) in [4.78, 5) is 36.3. The van der Waals surface area contributed by atoms with Gasteiger partial charge in [-0.15, -0.1) is 0 Å². The van der Waals surface area contributed by atoms with Gasteiger partial charge in [-0.3, -0.25) is 18.9 Å². The fourth-order valence-electron chi connectivity index (χ4n) is 4.75. The summed E-state index contributed by atoms with van der Waals surface area (Å²) >= 11 is 6.81. The molecular formula is C28H30N4O3S2. The standard InChI is InChI=1S/C28H30N4O3S2/c1-18-10-14-30(15-11-18)25-22(26(33)31-13-4-5-19(2)24(31)29-25)17-23-27(34)32(28(36)37-23)16-12-20-6-8-21(35-3)9-7-20/h4-9,13,17-18H,10-12,14-16H2,1-3H3/b23-17-. The first-order chi connectivity index (χ1) is 17.9. The topological polar surface area (TPSA) is 67.2 Å². The number of hydrogen-bond acceptors (Lipinski definition) is 7. The molecule has 4 heterocycles. The van der Waals surface area contributed by atoms with E-state index in [0.717, 1.165) is 42.8 Å². The number of hydrogen-bond donors (Lipinski definition) is 0. The van der Waals surface area contributed by atoms with Crippen LogP contribution in [0, 0.1) is 12.8 Å². The number of anilines is 1. The van der Waals surface area contributed by atoms with E-state index in [-0.39, 0.29) is 11.5 Å². The van der Waals surface area contributed by atoms with Crippen LogP contribution in [0.25, 0.3) is 11.7 Å². The second kappa shape index (κ2) is 10.7. The molecule has 1 amide bonds. The molecule has 2 saturated heterocycles. The van der Waals surface area contributed by atoms with Crippen molar-refractivity contribution in [2.24, 2.45) is 5.92 Å². The van der Waals surface area contributed by atoms with E-state index in [9.17, 15) is 9.59 Å². The molecule has 37 heavy (non-hydrogen) atoms. The van der Waals surface area contributed by atoms with Crippen LogP contribution in [0.1, 0.15) is 36.5 Å². The number of carbonyl (C=O) groups excluding carboxylic acids is 1. The predicted octanol–water partition coefficient (Wildman–Crippen LogP) is 4.69. The highest BCUT2D eigenvalue weighted by Gasteiger charge is 2.33. The summed E-state index contributed by atoms with van der Waals surface area (Å²) in [7, 11) is 1.64. The molecule has 3 aromatic rings. The largest absolute Gasteiger partial charge is 0.497 e. The van der Waals surface area contributed by atoms with E-state index in [1.54, 1.807) is 28.7 Å². The van der Waals surface area contributed by atoms with Crippen molar-refractivity contribution in [1.29, 1.82) is 0 Å². The number of nitrogens with zero attached hydrogens (tertiary/aromatic N) is 4. The third kappa shape index (κ3) is 5.15. The third-order valence-electron chi connectivity index (χ3n) is 7.08. The van der Waals surface area contributed by atoms with Crippen LogP contribution in [0.15, 0.2) is 52.3 Å². The van der Waals surface area contributed by atoms with Gasteiger partial charge in [0.05, 0.1) is 17.6 Å². The summed E-state index contributed by atoms with van der Waals surface area (Å²) in [5.41, 5.74) is 2.93. The smallest absolute Gasteiger partial charge is 0.267 e. The Kier molecular flexibility index (Phi) is 7.35. The molecular weight excluding hydrogens is 504 g/mol. The number of ether oxygens (including phenoxy) is 1. The van der Waals surface area contributed by atoms with Crippen molar-refractivity contribution < 1.29 is 9.53 Å². The first-order valence-electron chi connectivity index (χ1n) is 12.5. The molecule has 9 heteroatoms. The van der Waals surface area contributed by atoms with Crippen LogP contribution < -0.4 is 15.2 Å². The second-order valence-corrected chi connectivity index (χ2v) is 11.3. The van der Waals surface area contributed by atoms with Crippen LogP contribution in [-0.2, 0) is 11.2 Å². The number of fused-ring (bicyclic) bond motifs is 1. The van der Waals surface area contributed by atoms with E-state index < -0.39 is 0 Å². The minimum absolute atomic E-state index is 0.171. The SMILES string of the molecule is COc1ccc(CCN2C(=O)/C(=C/c3c(N4CCC(C)CC4)nc4c(C)cccn4c3=O)SC2=S)cc1. The molecule has 0 atom stereocenters. The lowest BCUT2D eigenvalue weighted by Gasteiger charge is -2.32. The van der Waals surface area contributed by atoms with Crippen molar-refractivity contribution in [2.45, 2.75) is 33.1 Å². The Bertz CT molecular complexity index is 1440. The van der Waals surface area contributed by atoms with Gasteiger partial charge in [-0.05, 0) is 67.5 Å². The zero-order chi connectivity index (χ0) is 26.1. The quantitative estimate of drug-likeness (QED) is 0.336. The van der Waals surface area contributed by atoms with Gasteiger partial charge < -0.3 is 9.64 Å². The van der Waals surface area contributed by atoms with Crippen LogP contribution in [0.2, 0.25) is 0 Å². The van der Waals surface area contributed by atoms with Crippen LogP contribution in [-0.4, -0.2) is 51.3 Å². The lowest BCUT2D eigenvalue weighted by atomic mass is 9.99. The van der Waals surface area contributed by atoms with E-state index in [4.69, 9.17) is 21.9 Å². The molecule has 7 nitrogen and oxygen atoms in total. The molecule has 0 unspecified atom stereocenters. The Labute approximate surface area is 226 Å². The zero-order valence-electron chi connectivity index (χ0n) is 21.3. The van der Waals surface area contributed by atoms with E-state index >= 15 is 0 Å². The van der Waals surface area contributed by atoms with Crippen LogP contribution in [0.3, 0.4) is 0 Å². The molecule has 2 aliphatic heterocycles. The van der Waals surface area contributed by atoms with Crippen LogP contribution in [0.5, 0.6) is 5.75 Å². The first-order valence-corrected chi connectivity index (χ1v) is 13.7. The molecule has 0 aliphatic carbocycles. The highest BCUT2D eigenvalue weighted by molar-refractivity contribution is 8.26. The number of amides is 1. The summed E-state index contributed by atoms with van der Waals surface area (Å²) in [5, 5.41) is 0. The van der Waals surface area contributed by atoms with Gasteiger partial charge in [-0.2, -0.15) is 0 Å². The van der Waals surface area contributed by atoms with Crippen molar-refractivity contribution in [2.75, 3.05) is 31.6 Å². The Balaban J connectivity index is 1.47. The molecule has 1 aromatic carbocycles. The molecule has 2 fully saturated rings. The Morgan fingerprint density at radius 3 is 2.59 bits per heavy atom. The van der Waals surface area contributed by atoms with Gasteiger partial charge >= 0.3 is 0 Å². The molecule has 2 aliphatic rings. The van der Waals surface area contributed by atoms with Gasteiger partial charge in [-0.1, -0.05) is 49.1 Å². The summed E-state index contributed by atoms with van der Waals surface area (Å²) in [6.07, 6.45) is 6.19. The Morgan fingerprint density at radius 1 is 1.16 bits per heavy atom. The second-order valence-electron chi connectivity index (χ2n) is 9.64. The summed E-state index contributed by atoms with van der Waals surface area (Å²) in [5.74, 6) is 1.91. The van der Waals surface area contributed by atoms with Gasteiger partial charge in [0.25, 0.3) is 11.5 Å². The average molecular weight is 535 g/mol. The highest BCUT2D eigenvalue weighted by atomic mass is 32.2. The number of pyridine rings is 1. The van der Waals surface area contributed by atoms with Gasteiger partial charge in [0.15, 0.2) is 0 Å². The number of benzene rings is 1. The number of piperidine rings is 1. The number of carbonyl (C=O) groups is 1. The van der Waals surface area contributed by atoms with Crippen molar-refractivity contribution in [3.05, 3.63) is 74.5 Å². The maximum atomic E-state index is 13.7. The number of thioether (sulfide) groups is 1. The molecule has 0 saturated carbocycles. The van der Waals surface area contributed by atoms with Gasteiger partial charge in [0.1, 0.15) is 21.5 Å². The van der Waals surface area contributed by atoms with E-state index in [0.29, 0.717) is 45.1 Å². The lowest BCUT2D eigenvalue weighted by Crippen LogP contribution is -2.36. The maximum Gasteiger partial charge on any atom is 0.267 e. The fourth-order valence-corrected chi connectivity index (χ4v) is 6.04. The van der Waals surface area contributed by atoms with Crippen molar-refractivity contribution in [3.63, 3.8) is 0 Å². The Morgan fingerprint density at radius 2 is 1.89 bits per heavy atom. The number of aryl methyl sites for hydroxylation is 1.